The lowest BCUT2D eigenvalue weighted by atomic mass is 9.95. The van der Waals surface area contributed by atoms with Crippen molar-refractivity contribution in [3.05, 3.63) is 66.7 Å². The smallest absolute Gasteiger partial charge is 0.134 e. The van der Waals surface area contributed by atoms with E-state index in [0.717, 1.165) is 27.6 Å². The molecule has 2 aromatic carbocycles. The van der Waals surface area contributed by atoms with Gasteiger partial charge in [-0.25, -0.2) is 9.97 Å². The SMILES string of the molecule is CC(C)(C)c1ncc2c(ccc3c(-c4ccccc4)ccnc32)n1. The average molecular weight is 313 g/mol. The number of fused-ring (bicyclic) bond motifs is 3. The molecule has 4 aromatic rings. The maximum Gasteiger partial charge on any atom is 0.134 e. The lowest BCUT2D eigenvalue weighted by Crippen LogP contribution is -2.15. The first-order valence-corrected chi connectivity index (χ1v) is 8.14. The van der Waals surface area contributed by atoms with Gasteiger partial charge in [-0.15, -0.1) is 0 Å². The van der Waals surface area contributed by atoms with Gasteiger partial charge in [-0.1, -0.05) is 51.1 Å². The summed E-state index contributed by atoms with van der Waals surface area (Å²) in [6.45, 7) is 6.38. The van der Waals surface area contributed by atoms with Gasteiger partial charge in [-0.05, 0) is 29.3 Å². The van der Waals surface area contributed by atoms with Crippen molar-refractivity contribution < 1.29 is 0 Å². The monoisotopic (exact) mass is 313 g/mol. The van der Waals surface area contributed by atoms with Crippen molar-refractivity contribution in [2.24, 2.45) is 0 Å². The lowest BCUT2D eigenvalue weighted by molar-refractivity contribution is 0.548. The van der Waals surface area contributed by atoms with Crippen LogP contribution in [0.15, 0.2) is 60.9 Å². The van der Waals surface area contributed by atoms with E-state index in [1.165, 1.54) is 11.1 Å². The highest BCUT2D eigenvalue weighted by molar-refractivity contribution is 6.08. The predicted molar refractivity (Wildman–Crippen MR) is 99.0 cm³/mol. The van der Waals surface area contributed by atoms with Gasteiger partial charge >= 0.3 is 0 Å². The van der Waals surface area contributed by atoms with E-state index in [4.69, 9.17) is 4.98 Å². The zero-order valence-electron chi connectivity index (χ0n) is 14.1. The summed E-state index contributed by atoms with van der Waals surface area (Å²) in [4.78, 5) is 13.9. The average Bonchev–Trinajstić information content (AvgIpc) is 2.60. The van der Waals surface area contributed by atoms with Gasteiger partial charge in [-0.2, -0.15) is 0 Å². The van der Waals surface area contributed by atoms with Gasteiger partial charge in [0, 0.05) is 28.6 Å². The van der Waals surface area contributed by atoms with Gasteiger partial charge in [-0.3, -0.25) is 4.98 Å². The Labute approximate surface area is 141 Å². The second kappa shape index (κ2) is 5.38. The topological polar surface area (TPSA) is 38.7 Å². The number of nitrogens with zero attached hydrogens (tertiary/aromatic N) is 3. The van der Waals surface area contributed by atoms with Crippen LogP contribution in [0.25, 0.3) is 32.9 Å². The third kappa shape index (κ3) is 2.42. The molecule has 0 amide bonds. The summed E-state index contributed by atoms with van der Waals surface area (Å²) in [5.74, 6) is 0.855. The highest BCUT2D eigenvalue weighted by atomic mass is 14.9. The Morgan fingerprint density at radius 2 is 1.58 bits per heavy atom. The van der Waals surface area contributed by atoms with Crippen LogP contribution in [0.2, 0.25) is 0 Å². The first-order valence-electron chi connectivity index (χ1n) is 8.14. The molecule has 0 unspecified atom stereocenters. The molecule has 4 rings (SSSR count). The van der Waals surface area contributed by atoms with E-state index < -0.39 is 0 Å². The molecular weight excluding hydrogens is 294 g/mol. The first kappa shape index (κ1) is 14.8. The summed E-state index contributed by atoms with van der Waals surface area (Å²) < 4.78 is 0. The lowest BCUT2D eigenvalue weighted by Gasteiger charge is -2.17. The van der Waals surface area contributed by atoms with E-state index in [1.54, 1.807) is 0 Å². The summed E-state index contributed by atoms with van der Waals surface area (Å²) in [5, 5.41) is 2.13. The Kier molecular flexibility index (Phi) is 3.31. The molecule has 3 nitrogen and oxygen atoms in total. The molecule has 2 aromatic heterocycles. The summed E-state index contributed by atoms with van der Waals surface area (Å²) >= 11 is 0. The Morgan fingerprint density at radius 1 is 0.792 bits per heavy atom. The molecule has 0 bridgehead atoms. The van der Waals surface area contributed by atoms with Crippen molar-refractivity contribution in [1.82, 2.24) is 15.0 Å². The standard InChI is InChI=1S/C21H19N3/c1-21(2,3)20-23-13-17-18(24-20)10-9-16-15(11-12-22-19(16)17)14-7-5-4-6-8-14/h4-13H,1-3H3. The van der Waals surface area contributed by atoms with Gasteiger partial charge in [0.1, 0.15) is 5.82 Å². The fourth-order valence-corrected chi connectivity index (χ4v) is 2.95. The minimum atomic E-state index is -0.0670. The van der Waals surface area contributed by atoms with Crippen molar-refractivity contribution in [2.45, 2.75) is 26.2 Å². The number of benzene rings is 2. The summed E-state index contributed by atoms with van der Waals surface area (Å²) in [5.41, 5.74) is 4.20. The Hall–Kier alpha value is -2.81. The molecule has 0 saturated carbocycles. The fourth-order valence-electron chi connectivity index (χ4n) is 2.95. The molecule has 0 N–H and O–H groups in total. The number of aromatic nitrogens is 3. The van der Waals surface area contributed by atoms with E-state index in [0.29, 0.717) is 0 Å². The van der Waals surface area contributed by atoms with Crippen molar-refractivity contribution in [2.75, 3.05) is 0 Å². The van der Waals surface area contributed by atoms with Crippen molar-refractivity contribution in [3.8, 4) is 11.1 Å². The van der Waals surface area contributed by atoms with Crippen LogP contribution in [-0.4, -0.2) is 15.0 Å². The molecule has 0 aliphatic heterocycles. The third-order valence-corrected chi connectivity index (χ3v) is 4.23. The fraction of sp³-hybridized carbons (Fsp3) is 0.190. The van der Waals surface area contributed by atoms with Crippen LogP contribution >= 0.6 is 0 Å². The Morgan fingerprint density at radius 3 is 2.33 bits per heavy atom. The summed E-state index contributed by atoms with van der Waals surface area (Å²) in [6.07, 6.45) is 3.77. The normalized spacial score (nSPS) is 12.0. The van der Waals surface area contributed by atoms with Gasteiger partial charge in [0.2, 0.25) is 0 Å². The minimum Gasteiger partial charge on any atom is -0.255 e. The van der Waals surface area contributed by atoms with Crippen LogP contribution in [0.1, 0.15) is 26.6 Å². The van der Waals surface area contributed by atoms with Gasteiger partial charge in [0.15, 0.2) is 0 Å². The highest BCUT2D eigenvalue weighted by Crippen LogP contribution is 2.31. The van der Waals surface area contributed by atoms with Crippen molar-refractivity contribution in [1.29, 1.82) is 0 Å². The third-order valence-electron chi connectivity index (χ3n) is 4.23. The van der Waals surface area contributed by atoms with E-state index in [9.17, 15) is 0 Å². The van der Waals surface area contributed by atoms with E-state index >= 15 is 0 Å². The molecule has 0 aliphatic carbocycles. The van der Waals surface area contributed by atoms with E-state index in [1.807, 2.05) is 18.5 Å². The molecule has 3 heteroatoms. The quantitative estimate of drug-likeness (QED) is 0.457. The maximum atomic E-state index is 4.75. The van der Waals surface area contributed by atoms with Crippen molar-refractivity contribution >= 4 is 21.8 Å². The maximum absolute atomic E-state index is 4.75. The second-order valence-corrected chi connectivity index (χ2v) is 7.06. The number of hydrogen-bond acceptors (Lipinski definition) is 3. The molecule has 0 atom stereocenters. The van der Waals surface area contributed by atoms with Crippen LogP contribution in [0, 0.1) is 0 Å². The molecular formula is C21H19N3. The number of rotatable bonds is 1. The summed E-state index contributed by atoms with van der Waals surface area (Å²) in [7, 11) is 0. The molecule has 0 spiro atoms. The first-order chi connectivity index (χ1) is 11.5. The van der Waals surface area contributed by atoms with Gasteiger partial charge in [0.05, 0.1) is 11.0 Å². The van der Waals surface area contributed by atoms with Crippen LogP contribution in [0.3, 0.4) is 0 Å². The van der Waals surface area contributed by atoms with Gasteiger partial charge in [0.25, 0.3) is 0 Å². The van der Waals surface area contributed by atoms with Gasteiger partial charge < -0.3 is 0 Å². The van der Waals surface area contributed by atoms with Crippen molar-refractivity contribution in [3.63, 3.8) is 0 Å². The zero-order valence-corrected chi connectivity index (χ0v) is 14.1. The van der Waals surface area contributed by atoms with E-state index in [-0.39, 0.29) is 5.41 Å². The summed E-state index contributed by atoms with van der Waals surface area (Å²) in [6, 6.07) is 16.6. The molecule has 2 heterocycles. The number of pyridine rings is 1. The highest BCUT2D eigenvalue weighted by Gasteiger charge is 2.18. The van der Waals surface area contributed by atoms with E-state index in [2.05, 4.69) is 73.2 Å². The molecule has 0 radical (unpaired) electrons. The van der Waals surface area contributed by atoms with Crippen LogP contribution in [0.4, 0.5) is 0 Å². The van der Waals surface area contributed by atoms with Crippen LogP contribution in [-0.2, 0) is 5.41 Å². The van der Waals surface area contributed by atoms with Crippen LogP contribution < -0.4 is 0 Å². The molecule has 0 aliphatic rings. The Balaban J connectivity index is 2.00. The zero-order chi connectivity index (χ0) is 16.7. The second-order valence-electron chi connectivity index (χ2n) is 7.06. The molecule has 0 fully saturated rings. The molecule has 0 saturated heterocycles. The minimum absolute atomic E-state index is 0.0670. The predicted octanol–water partition coefficient (Wildman–Crippen LogP) is 5.14. The van der Waals surface area contributed by atoms with Crippen LogP contribution in [0.5, 0.6) is 0 Å². The Bertz CT molecular complexity index is 1030. The number of hydrogen-bond donors (Lipinski definition) is 0. The molecule has 24 heavy (non-hydrogen) atoms. The molecule has 118 valence electrons. The largest absolute Gasteiger partial charge is 0.255 e.